The van der Waals surface area contributed by atoms with E-state index < -0.39 is 0 Å². The number of anilines is 1. The Hall–Kier alpha value is -3.14. The van der Waals surface area contributed by atoms with E-state index in [1.807, 2.05) is 60.7 Å². The van der Waals surface area contributed by atoms with Crippen molar-refractivity contribution in [3.8, 4) is 11.1 Å². The molecule has 0 bridgehead atoms. The van der Waals surface area contributed by atoms with Crippen LogP contribution in [0.25, 0.3) is 21.9 Å². The van der Waals surface area contributed by atoms with Crippen molar-refractivity contribution in [3.63, 3.8) is 0 Å². The lowest BCUT2D eigenvalue weighted by atomic mass is 9.79. The van der Waals surface area contributed by atoms with Gasteiger partial charge in [-0.25, -0.2) is 0 Å². The highest BCUT2D eigenvalue weighted by Gasteiger charge is 2.40. The highest BCUT2D eigenvalue weighted by molar-refractivity contribution is 6.30. The van der Waals surface area contributed by atoms with E-state index >= 15 is 0 Å². The zero-order valence-corrected chi connectivity index (χ0v) is 22.9. The molecule has 1 amide bonds. The molecule has 1 aliphatic heterocycles. The summed E-state index contributed by atoms with van der Waals surface area (Å²) in [7, 11) is 0. The van der Waals surface area contributed by atoms with Crippen LogP contribution < -0.4 is 5.32 Å². The lowest BCUT2D eigenvalue weighted by Crippen LogP contribution is -2.57. The zero-order chi connectivity index (χ0) is 26.2. The van der Waals surface area contributed by atoms with Gasteiger partial charge in [-0.05, 0) is 117 Å². The van der Waals surface area contributed by atoms with Gasteiger partial charge in [-0.2, -0.15) is 0 Å². The van der Waals surface area contributed by atoms with Crippen LogP contribution in [0, 0.1) is 0 Å². The third-order valence-electron chi connectivity index (χ3n) is 7.87. The summed E-state index contributed by atoms with van der Waals surface area (Å²) in [6, 6.07) is 28.2. The van der Waals surface area contributed by atoms with Crippen LogP contribution in [0.1, 0.15) is 62.9 Å². The third-order valence-corrected chi connectivity index (χ3v) is 8.12. The summed E-state index contributed by atoms with van der Waals surface area (Å²) < 4.78 is 0. The topological polar surface area (TPSA) is 32.3 Å². The first-order chi connectivity index (χ1) is 17.6. The number of rotatable bonds is 5. The van der Waals surface area contributed by atoms with E-state index in [1.165, 1.54) is 30.2 Å². The average Bonchev–Trinajstić information content (AvgIpc) is 2.86. The zero-order valence-electron chi connectivity index (χ0n) is 22.1. The number of nitrogens with zero attached hydrogens (tertiary/aromatic N) is 1. The summed E-state index contributed by atoms with van der Waals surface area (Å²) in [4.78, 5) is 15.6. The molecule has 4 aromatic rings. The van der Waals surface area contributed by atoms with Gasteiger partial charge in [0, 0.05) is 33.9 Å². The first-order valence-electron chi connectivity index (χ1n) is 13.1. The number of benzene rings is 4. The van der Waals surface area contributed by atoms with Crippen molar-refractivity contribution < 1.29 is 4.79 Å². The van der Waals surface area contributed by atoms with Gasteiger partial charge < -0.3 is 5.32 Å². The SMILES string of the molecule is CC1(C)CCCC(C)(C)N1Cc1ccc2cc(NC(=O)c3ccc(-c4ccc(Cl)cc4)cc3)ccc2c1. The fourth-order valence-electron chi connectivity index (χ4n) is 5.78. The van der Waals surface area contributed by atoms with Crippen LogP contribution in [0.15, 0.2) is 84.9 Å². The van der Waals surface area contributed by atoms with Crippen molar-refractivity contribution in [2.24, 2.45) is 0 Å². The molecule has 1 fully saturated rings. The molecule has 5 rings (SSSR count). The highest BCUT2D eigenvalue weighted by atomic mass is 35.5. The van der Waals surface area contributed by atoms with Gasteiger partial charge in [-0.3, -0.25) is 9.69 Å². The van der Waals surface area contributed by atoms with Gasteiger partial charge in [0.2, 0.25) is 0 Å². The molecular formula is C33H35ClN2O. The Morgan fingerprint density at radius 1 is 0.784 bits per heavy atom. The van der Waals surface area contributed by atoms with Crippen molar-refractivity contribution in [3.05, 3.63) is 101 Å². The van der Waals surface area contributed by atoms with E-state index in [4.69, 9.17) is 11.6 Å². The van der Waals surface area contributed by atoms with Crippen molar-refractivity contribution >= 4 is 34.0 Å². The van der Waals surface area contributed by atoms with Gasteiger partial charge in [0.15, 0.2) is 0 Å². The van der Waals surface area contributed by atoms with E-state index in [2.05, 4.69) is 62.2 Å². The first kappa shape index (κ1) is 25.5. The largest absolute Gasteiger partial charge is 0.322 e. The van der Waals surface area contributed by atoms with Crippen LogP contribution in [0.5, 0.6) is 0 Å². The second-order valence-corrected chi connectivity index (χ2v) is 11.9. The normalized spacial score (nSPS) is 17.0. The number of amides is 1. The quantitative estimate of drug-likeness (QED) is 0.290. The monoisotopic (exact) mass is 510 g/mol. The molecule has 190 valence electrons. The molecule has 4 heteroatoms. The van der Waals surface area contributed by atoms with Crippen LogP contribution in [0.4, 0.5) is 5.69 Å². The van der Waals surface area contributed by atoms with Crippen LogP contribution in [0.2, 0.25) is 5.02 Å². The summed E-state index contributed by atoms with van der Waals surface area (Å²) in [5.41, 5.74) is 5.25. The lowest BCUT2D eigenvalue weighted by molar-refractivity contribution is -0.0340. The Balaban J connectivity index is 1.29. The molecule has 0 saturated carbocycles. The van der Waals surface area contributed by atoms with E-state index in [9.17, 15) is 4.79 Å². The molecule has 1 heterocycles. The number of piperidine rings is 1. The van der Waals surface area contributed by atoms with E-state index in [0.717, 1.165) is 28.7 Å². The molecule has 0 atom stereocenters. The van der Waals surface area contributed by atoms with Crippen LogP contribution in [-0.4, -0.2) is 21.9 Å². The minimum atomic E-state index is -0.117. The Bertz CT molecular complexity index is 1410. The molecular weight excluding hydrogens is 476 g/mol. The van der Waals surface area contributed by atoms with Crippen molar-refractivity contribution in [1.29, 1.82) is 0 Å². The third kappa shape index (κ3) is 5.58. The molecule has 0 aliphatic carbocycles. The molecule has 1 aliphatic rings. The van der Waals surface area contributed by atoms with E-state index in [-0.39, 0.29) is 17.0 Å². The molecule has 0 unspecified atom stereocenters. The lowest BCUT2D eigenvalue weighted by Gasteiger charge is -2.53. The van der Waals surface area contributed by atoms with Gasteiger partial charge in [-0.1, -0.05) is 54.1 Å². The molecule has 0 spiro atoms. The number of likely N-dealkylation sites (tertiary alicyclic amines) is 1. The van der Waals surface area contributed by atoms with Crippen LogP contribution >= 0.6 is 11.6 Å². The standard InChI is InChI=1S/C33H35ClN2O/c1-32(2)18-5-19-33(3,4)36(32)22-23-6-7-28-21-30(17-14-27(28)20-23)35-31(37)26-10-8-24(9-11-26)25-12-15-29(34)16-13-25/h6-17,20-21H,5,18-19,22H2,1-4H3,(H,35,37). The van der Waals surface area contributed by atoms with Gasteiger partial charge in [0.1, 0.15) is 0 Å². The number of fused-ring (bicyclic) bond motifs is 1. The highest BCUT2D eigenvalue weighted by Crippen LogP contribution is 2.39. The number of hydrogen-bond donors (Lipinski definition) is 1. The predicted molar refractivity (Wildman–Crippen MR) is 156 cm³/mol. The summed E-state index contributed by atoms with van der Waals surface area (Å²) in [6.45, 7) is 10.4. The molecule has 4 aromatic carbocycles. The average molecular weight is 511 g/mol. The molecule has 1 saturated heterocycles. The predicted octanol–water partition coefficient (Wildman–Crippen LogP) is 8.96. The van der Waals surface area contributed by atoms with Crippen molar-refractivity contribution in [1.82, 2.24) is 4.90 Å². The Labute approximate surface area is 225 Å². The fourth-order valence-corrected chi connectivity index (χ4v) is 5.91. The molecule has 37 heavy (non-hydrogen) atoms. The number of nitrogens with one attached hydrogen (secondary N) is 1. The number of carbonyl (C=O) groups is 1. The summed E-state index contributed by atoms with van der Waals surface area (Å²) in [5, 5.41) is 6.08. The van der Waals surface area contributed by atoms with E-state index in [0.29, 0.717) is 10.6 Å². The summed E-state index contributed by atoms with van der Waals surface area (Å²) in [6.07, 6.45) is 3.75. The molecule has 0 radical (unpaired) electrons. The number of hydrogen-bond acceptors (Lipinski definition) is 2. The fraction of sp³-hybridized carbons (Fsp3) is 0.303. The minimum Gasteiger partial charge on any atom is -0.322 e. The number of carbonyl (C=O) groups excluding carboxylic acids is 1. The maximum absolute atomic E-state index is 12.9. The Kier molecular flexibility index (Phi) is 6.87. The molecule has 0 aromatic heterocycles. The van der Waals surface area contributed by atoms with Gasteiger partial charge in [0.05, 0.1) is 0 Å². The second-order valence-electron chi connectivity index (χ2n) is 11.5. The van der Waals surface area contributed by atoms with Crippen molar-refractivity contribution in [2.75, 3.05) is 5.32 Å². The van der Waals surface area contributed by atoms with Gasteiger partial charge in [-0.15, -0.1) is 0 Å². The number of halogens is 1. The van der Waals surface area contributed by atoms with E-state index in [1.54, 1.807) is 0 Å². The van der Waals surface area contributed by atoms with Gasteiger partial charge in [0.25, 0.3) is 5.91 Å². The van der Waals surface area contributed by atoms with Crippen LogP contribution in [0.3, 0.4) is 0 Å². The summed E-state index contributed by atoms with van der Waals surface area (Å²) in [5.74, 6) is -0.117. The van der Waals surface area contributed by atoms with Gasteiger partial charge >= 0.3 is 0 Å². The second kappa shape index (κ2) is 9.96. The Morgan fingerprint density at radius 3 is 2.00 bits per heavy atom. The molecule has 1 N–H and O–H groups in total. The Morgan fingerprint density at radius 2 is 1.35 bits per heavy atom. The van der Waals surface area contributed by atoms with Crippen molar-refractivity contribution in [2.45, 2.75) is 64.6 Å². The minimum absolute atomic E-state index is 0.117. The summed E-state index contributed by atoms with van der Waals surface area (Å²) >= 11 is 5.99. The maximum Gasteiger partial charge on any atom is 0.255 e. The molecule has 3 nitrogen and oxygen atoms in total. The first-order valence-corrected chi connectivity index (χ1v) is 13.5. The smallest absolute Gasteiger partial charge is 0.255 e. The maximum atomic E-state index is 12.9. The van der Waals surface area contributed by atoms with Crippen LogP contribution in [-0.2, 0) is 6.54 Å².